The van der Waals surface area contributed by atoms with Gasteiger partial charge in [-0.2, -0.15) is 0 Å². The molecule has 2 aromatic heterocycles. The van der Waals surface area contributed by atoms with Crippen molar-refractivity contribution < 1.29 is 19.1 Å². The summed E-state index contributed by atoms with van der Waals surface area (Å²) < 4.78 is 14.5. The van der Waals surface area contributed by atoms with Gasteiger partial charge in [0.2, 0.25) is 11.8 Å². The van der Waals surface area contributed by atoms with Gasteiger partial charge >= 0.3 is 0 Å². The molecule has 5 rings (SSSR count). The van der Waals surface area contributed by atoms with Crippen molar-refractivity contribution >= 4 is 23.2 Å². The molecule has 3 aromatic carbocycles. The fourth-order valence-electron chi connectivity index (χ4n) is 3.65. The molecule has 0 aliphatic rings. The van der Waals surface area contributed by atoms with Crippen LogP contribution in [0.25, 0.3) is 0 Å². The lowest BCUT2D eigenvalue weighted by Crippen LogP contribution is -2.19. The Balaban J connectivity index is 1.03. The second kappa shape index (κ2) is 12.8. The molecule has 40 heavy (non-hydrogen) atoms. The number of benzene rings is 3. The summed E-state index contributed by atoms with van der Waals surface area (Å²) in [5.41, 5.74) is 2.62. The van der Waals surface area contributed by atoms with Gasteiger partial charge in [0.15, 0.2) is 0 Å². The van der Waals surface area contributed by atoms with Crippen molar-refractivity contribution in [1.82, 2.24) is 30.0 Å². The van der Waals surface area contributed by atoms with Gasteiger partial charge in [-0.05, 0) is 48.5 Å². The van der Waals surface area contributed by atoms with Gasteiger partial charge in [0.1, 0.15) is 49.2 Å². The standard InChI is InChI=1S/C28H26N8O4/c37-27(29-21-7-3-1-4-8-21)17-35-15-23(31-33-35)19-39-25-11-13-26(14-12-25)40-20-24-16-36(34-32-24)18-28(38)30-22-9-5-2-6-10-22/h1-16H,17-20H2,(H,29,37)(H,30,38). The average Bonchev–Trinajstić information content (AvgIpc) is 3.61. The van der Waals surface area contributed by atoms with E-state index >= 15 is 0 Å². The molecule has 2 heterocycles. The smallest absolute Gasteiger partial charge is 0.246 e. The zero-order chi connectivity index (χ0) is 27.6. The number of para-hydroxylation sites is 2. The molecular formula is C28H26N8O4. The van der Waals surface area contributed by atoms with Gasteiger partial charge in [-0.1, -0.05) is 46.8 Å². The molecule has 0 aliphatic heterocycles. The molecule has 0 radical (unpaired) electrons. The van der Waals surface area contributed by atoms with E-state index in [0.29, 0.717) is 22.9 Å². The first-order chi connectivity index (χ1) is 19.6. The number of anilines is 2. The Kier molecular flexibility index (Phi) is 8.37. The molecule has 12 nitrogen and oxygen atoms in total. The van der Waals surface area contributed by atoms with Crippen LogP contribution in [-0.2, 0) is 35.9 Å². The van der Waals surface area contributed by atoms with Crippen molar-refractivity contribution in [3.63, 3.8) is 0 Å². The minimum Gasteiger partial charge on any atom is -0.487 e. The summed E-state index contributed by atoms with van der Waals surface area (Å²) >= 11 is 0. The summed E-state index contributed by atoms with van der Waals surface area (Å²) in [7, 11) is 0. The predicted octanol–water partition coefficient (Wildman–Crippen LogP) is 3.31. The summed E-state index contributed by atoms with van der Waals surface area (Å²) in [5, 5.41) is 21.7. The molecule has 0 saturated heterocycles. The van der Waals surface area contributed by atoms with Crippen LogP contribution in [0.5, 0.6) is 11.5 Å². The molecule has 0 aliphatic carbocycles. The van der Waals surface area contributed by atoms with Crippen LogP contribution in [0.4, 0.5) is 11.4 Å². The van der Waals surface area contributed by atoms with Crippen LogP contribution in [0.3, 0.4) is 0 Å². The van der Waals surface area contributed by atoms with Gasteiger partial charge in [-0.25, -0.2) is 9.36 Å². The van der Waals surface area contributed by atoms with E-state index in [1.807, 2.05) is 60.7 Å². The second-order valence-corrected chi connectivity index (χ2v) is 8.69. The Hall–Kier alpha value is -5.52. The monoisotopic (exact) mass is 538 g/mol. The normalized spacial score (nSPS) is 10.6. The van der Waals surface area contributed by atoms with Crippen LogP contribution in [0.15, 0.2) is 97.3 Å². The molecule has 0 fully saturated rings. The molecule has 12 heteroatoms. The first-order valence-electron chi connectivity index (χ1n) is 12.4. The Labute approximate surface area is 229 Å². The number of ether oxygens (including phenoxy) is 2. The van der Waals surface area contributed by atoms with E-state index in [9.17, 15) is 9.59 Å². The van der Waals surface area contributed by atoms with Gasteiger partial charge < -0.3 is 20.1 Å². The highest BCUT2D eigenvalue weighted by atomic mass is 16.5. The maximum atomic E-state index is 12.2. The minimum absolute atomic E-state index is 0.0442. The van der Waals surface area contributed by atoms with Crippen molar-refractivity contribution in [2.45, 2.75) is 26.3 Å². The molecule has 0 unspecified atom stereocenters. The third-order valence-electron chi connectivity index (χ3n) is 5.50. The van der Waals surface area contributed by atoms with E-state index in [1.54, 1.807) is 36.7 Å². The number of carbonyl (C=O) groups is 2. The maximum Gasteiger partial charge on any atom is 0.246 e. The maximum absolute atomic E-state index is 12.2. The molecule has 2 N–H and O–H groups in total. The van der Waals surface area contributed by atoms with Crippen LogP contribution in [0.1, 0.15) is 11.4 Å². The molecule has 2 amide bonds. The number of hydrogen-bond donors (Lipinski definition) is 2. The van der Waals surface area contributed by atoms with Crippen LogP contribution in [-0.4, -0.2) is 41.8 Å². The van der Waals surface area contributed by atoms with Crippen molar-refractivity contribution in [1.29, 1.82) is 0 Å². The first-order valence-corrected chi connectivity index (χ1v) is 12.4. The lowest BCUT2D eigenvalue weighted by atomic mass is 10.3. The number of aromatic nitrogens is 6. The van der Waals surface area contributed by atoms with Crippen molar-refractivity contribution in [2.24, 2.45) is 0 Å². The van der Waals surface area contributed by atoms with Gasteiger partial charge in [-0.3, -0.25) is 9.59 Å². The number of amides is 2. The van der Waals surface area contributed by atoms with Crippen LogP contribution in [0, 0.1) is 0 Å². The summed E-state index contributed by atoms with van der Waals surface area (Å²) in [4.78, 5) is 24.4. The largest absolute Gasteiger partial charge is 0.487 e. The molecular weight excluding hydrogens is 512 g/mol. The lowest BCUT2D eigenvalue weighted by Gasteiger charge is -2.07. The van der Waals surface area contributed by atoms with Gasteiger partial charge in [0.05, 0.1) is 12.4 Å². The molecule has 0 atom stereocenters. The topological polar surface area (TPSA) is 138 Å². The lowest BCUT2D eigenvalue weighted by molar-refractivity contribution is -0.117. The van der Waals surface area contributed by atoms with Crippen LogP contribution >= 0.6 is 0 Å². The van der Waals surface area contributed by atoms with E-state index in [0.717, 1.165) is 11.4 Å². The number of hydrogen-bond acceptors (Lipinski definition) is 8. The van der Waals surface area contributed by atoms with Crippen LogP contribution in [0.2, 0.25) is 0 Å². The van der Waals surface area contributed by atoms with Crippen molar-refractivity contribution in [2.75, 3.05) is 10.6 Å². The third-order valence-corrected chi connectivity index (χ3v) is 5.50. The van der Waals surface area contributed by atoms with E-state index in [2.05, 4.69) is 31.3 Å². The Morgan fingerprint density at radius 3 is 1.40 bits per heavy atom. The highest BCUT2D eigenvalue weighted by Crippen LogP contribution is 2.19. The third kappa shape index (κ3) is 7.74. The Morgan fingerprint density at radius 1 is 0.600 bits per heavy atom. The van der Waals surface area contributed by atoms with E-state index < -0.39 is 0 Å². The number of nitrogens with zero attached hydrogens (tertiary/aromatic N) is 6. The Morgan fingerprint density at radius 2 is 1.00 bits per heavy atom. The number of carbonyl (C=O) groups excluding carboxylic acids is 2. The zero-order valence-corrected chi connectivity index (χ0v) is 21.4. The molecule has 5 aromatic rings. The van der Waals surface area contributed by atoms with E-state index in [4.69, 9.17) is 9.47 Å². The highest BCUT2D eigenvalue weighted by Gasteiger charge is 2.09. The SMILES string of the molecule is O=C(Cn1cc(COc2ccc(OCc3cn(CC(=O)Nc4ccccc4)nn3)cc2)nn1)Nc1ccccc1. The summed E-state index contributed by atoms with van der Waals surface area (Å²) in [6.45, 7) is 0.480. The first kappa shape index (κ1) is 26.1. The quantitative estimate of drug-likeness (QED) is 0.247. The van der Waals surface area contributed by atoms with E-state index in [1.165, 1.54) is 9.36 Å². The van der Waals surface area contributed by atoms with Crippen molar-refractivity contribution in [3.05, 3.63) is 109 Å². The summed E-state index contributed by atoms with van der Waals surface area (Å²) in [6.07, 6.45) is 3.33. The summed E-state index contributed by atoms with van der Waals surface area (Å²) in [5.74, 6) is 0.851. The van der Waals surface area contributed by atoms with Gasteiger partial charge in [-0.15, -0.1) is 10.2 Å². The minimum atomic E-state index is -0.199. The fraction of sp³-hybridized carbons (Fsp3) is 0.143. The molecule has 0 spiro atoms. The molecule has 202 valence electrons. The van der Waals surface area contributed by atoms with Gasteiger partial charge in [0.25, 0.3) is 0 Å². The second-order valence-electron chi connectivity index (χ2n) is 8.69. The fourth-order valence-corrected chi connectivity index (χ4v) is 3.65. The molecule has 0 saturated carbocycles. The van der Waals surface area contributed by atoms with Crippen LogP contribution < -0.4 is 20.1 Å². The Bertz CT molecular complexity index is 1420. The van der Waals surface area contributed by atoms with Crippen molar-refractivity contribution in [3.8, 4) is 11.5 Å². The average molecular weight is 539 g/mol. The van der Waals surface area contributed by atoms with Gasteiger partial charge in [0, 0.05) is 11.4 Å². The number of nitrogens with one attached hydrogen (secondary N) is 2. The predicted molar refractivity (Wildman–Crippen MR) is 145 cm³/mol. The van der Waals surface area contributed by atoms with E-state index in [-0.39, 0.29) is 38.1 Å². The number of rotatable bonds is 12. The molecule has 0 bridgehead atoms. The summed E-state index contributed by atoms with van der Waals surface area (Å²) in [6, 6.07) is 25.5. The zero-order valence-electron chi connectivity index (χ0n) is 21.4. The highest BCUT2D eigenvalue weighted by molar-refractivity contribution is 5.90.